The second-order valence-corrected chi connectivity index (χ2v) is 5.41. The van der Waals surface area contributed by atoms with Gasteiger partial charge in [0.1, 0.15) is 0 Å². The highest BCUT2D eigenvalue weighted by molar-refractivity contribution is 5.03. The summed E-state index contributed by atoms with van der Waals surface area (Å²) in [5, 5.41) is 3.56. The van der Waals surface area contributed by atoms with Crippen LogP contribution in [0.5, 0.6) is 0 Å². The molecule has 0 aromatic carbocycles. The van der Waals surface area contributed by atoms with Gasteiger partial charge in [-0.05, 0) is 50.5 Å². The first-order chi connectivity index (χ1) is 7.68. The van der Waals surface area contributed by atoms with Gasteiger partial charge in [0.2, 0.25) is 0 Å². The standard InChI is InChI=1S/C13H23N3/c1-13(5-8-16(2)9-6-13)11-14-10-12-4-3-7-15-12/h3-4,7,14-15H,5-6,8-11H2,1-2H3. The Hall–Kier alpha value is -0.800. The van der Waals surface area contributed by atoms with Crippen LogP contribution in [-0.2, 0) is 6.54 Å². The Morgan fingerprint density at radius 1 is 1.44 bits per heavy atom. The predicted octanol–water partition coefficient (Wildman–Crippen LogP) is 1.84. The van der Waals surface area contributed by atoms with Crippen LogP contribution in [-0.4, -0.2) is 36.6 Å². The van der Waals surface area contributed by atoms with Gasteiger partial charge in [0, 0.05) is 25.0 Å². The zero-order valence-electron chi connectivity index (χ0n) is 10.4. The molecule has 90 valence electrons. The average molecular weight is 221 g/mol. The van der Waals surface area contributed by atoms with Crippen LogP contribution in [0.3, 0.4) is 0 Å². The van der Waals surface area contributed by atoms with E-state index in [0.717, 1.165) is 13.1 Å². The molecular weight excluding hydrogens is 198 g/mol. The Labute approximate surface area is 98.2 Å². The number of aromatic amines is 1. The van der Waals surface area contributed by atoms with E-state index in [0.29, 0.717) is 5.41 Å². The molecule has 0 amide bonds. The molecule has 0 unspecified atom stereocenters. The van der Waals surface area contributed by atoms with Gasteiger partial charge in [-0.3, -0.25) is 0 Å². The van der Waals surface area contributed by atoms with Crippen molar-refractivity contribution in [3.8, 4) is 0 Å². The van der Waals surface area contributed by atoms with Crippen LogP contribution < -0.4 is 5.32 Å². The second-order valence-electron chi connectivity index (χ2n) is 5.41. The van der Waals surface area contributed by atoms with Crippen LogP contribution in [0.15, 0.2) is 18.3 Å². The molecule has 1 saturated heterocycles. The summed E-state index contributed by atoms with van der Waals surface area (Å²) >= 11 is 0. The first-order valence-corrected chi connectivity index (χ1v) is 6.20. The van der Waals surface area contributed by atoms with Crippen molar-refractivity contribution in [3.05, 3.63) is 24.0 Å². The maximum atomic E-state index is 3.56. The summed E-state index contributed by atoms with van der Waals surface area (Å²) < 4.78 is 0. The largest absolute Gasteiger partial charge is 0.364 e. The van der Waals surface area contributed by atoms with Gasteiger partial charge < -0.3 is 15.2 Å². The highest BCUT2D eigenvalue weighted by Crippen LogP contribution is 2.29. The normalized spacial score (nSPS) is 21.1. The van der Waals surface area contributed by atoms with Crippen LogP contribution in [0.2, 0.25) is 0 Å². The minimum absolute atomic E-state index is 0.485. The molecule has 3 heteroatoms. The smallest absolute Gasteiger partial charge is 0.0357 e. The van der Waals surface area contributed by atoms with Crippen molar-refractivity contribution in [3.63, 3.8) is 0 Å². The lowest BCUT2D eigenvalue weighted by molar-refractivity contribution is 0.136. The van der Waals surface area contributed by atoms with Gasteiger partial charge >= 0.3 is 0 Å². The van der Waals surface area contributed by atoms with E-state index in [9.17, 15) is 0 Å². The molecule has 0 atom stereocenters. The molecule has 2 heterocycles. The highest BCUT2D eigenvalue weighted by Gasteiger charge is 2.28. The zero-order valence-corrected chi connectivity index (χ0v) is 10.4. The van der Waals surface area contributed by atoms with Crippen LogP contribution in [0.1, 0.15) is 25.5 Å². The van der Waals surface area contributed by atoms with Gasteiger partial charge in [-0.25, -0.2) is 0 Å². The SMILES string of the molecule is CN1CCC(C)(CNCc2ccc[nH]2)CC1. The fourth-order valence-electron chi connectivity index (χ4n) is 2.31. The third kappa shape index (κ3) is 3.09. The summed E-state index contributed by atoms with van der Waals surface area (Å²) in [7, 11) is 2.21. The van der Waals surface area contributed by atoms with E-state index < -0.39 is 0 Å². The first kappa shape index (κ1) is 11.7. The zero-order chi connectivity index (χ0) is 11.4. The van der Waals surface area contributed by atoms with Crippen molar-refractivity contribution in [1.82, 2.24) is 15.2 Å². The molecule has 0 aliphatic carbocycles. The van der Waals surface area contributed by atoms with Gasteiger partial charge in [0.05, 0.1) is 0 Å². The Balaban J connectivity index is 1.73. The van der Waals surface area contributed by atoms with Crippen LogP contribution in [0, 0.1) is 5.41 Å². The number of hydrogen-bond donors (Lipinski definition) is 2. The summed E-state index contributed by atoms with van der Waals surface area (Å²) in [6.07, 6.45) is 4.59. The number of aromatic nitrogens is 1. The van der Waals surface area contributed by atoms with Crippen molar-refractivity contribution >= 4 is 0 Å². The molecule has 0 spiro atoms. The fourth-order valence-corrected chi connectivity index (χ4v) is 2.31. The molecule has 3 nitrogen and oxygen atoms in total. The van der Waals surface area contributed by atoms with Crippen LogP contribution >= 0.6 is 0 Å². The van der Waals surface area contributed by atoms with E-state index in [-0.39, 0.29) is 0 Å². The molecule has 0 bridgehead atoms. The second kappa shape index (κ2) is 5.02. The van der Waals surface area contributed by atoms with Crippen LogP contribution in [0.4, 0.5) is 0 Å². The minimum Gasteiger partial charge on any atom is -0.364 e. The third-order valence-corrected chi connectivity index (χ3v) is 3.72. The van der Waals surface area contributed by atoms with E-state index >= 15 is 0 Å². The highest BCUT2D eigenvalue weighted by atomic mass is 15.1. The number of hydrogen-bond acceptors (Lipinski definition) is 2. The Kier molecular flexibility index (Phi) is 3.66. The quantitative estimate of drug-likeness (QED) is 0.813. The molecule has 0 saturated carbocycles. The number of piperidine rings is 1. The van der Waals surface area contributed by atoms with Gasteiger partial charge in [0.15, 0.2) is 0 Å². The minimum atomic E-state index is 0.485. The molecule has 1 aliphatic rings. The number of rotatable bonds is 4. The summed E-state index contributed by atoms with van der Waals surface area (Å²) in [6.45, 7) is 6.96. The molecule has 0 radical (unpaired) electrons. The summed E-state index contributed by atoms with van der Waals surface area (Å²) in [6, 6.07) is 4.18. The molecule has 2 N–H and O–H groups in total. The molecule has 1 aromatic rings. The van der Waals surface area contributed by atoms with Gasteiger partial charge in [-0.1, -0.05) is 6.92 Å². The van der Waals surface area contributed by atoms with Crippen molar-refractivity contribution in [2.24, 2.45) is 5.41 Å². The first-order valence-electron chi connectivity index (χ1n) is 6.20. The Morgan fingerprint density at radius 3 is 2.81 bits per heavy atom. The van der Waals surface area contributed by atoms with Gasteiger partial charge in [-0.15, -0.1) is 0 Å². The number of nitrogens with one attached hydrogen (secondary N) is 2. The van der Waals surface area contributed by atoms with E-state index in [1.54, 1.807) is 0 Å². The van der Waals surface area contributed by atoms with Gasteiger partial charge in [0.25, 0.3) is 0 Å². The summed E-state index contributed by atoms with van der Waals surface area (Å²) in [5.41, 5.74) is 1.76. The monoisotopic (exact) mass is 221 g/mol. The van der Waals surface area contributed by atoms with E-state index in [1.807, 2.05) is 12.3 Å². The molecule has 2 rings (SSSR count). The fraction of sp³-hybridized carbons (Fsp3) is 0.692. The number of H-pyrrole nitrogens is 1. The predicted molar refractivity (Wildman–Crippen MR) is 67.3 cm³/mol. The van der Waals surface area contributed by atoms with Crippen molar-refractivity contribution in [2.45, 2.75) is 26.3 Å². The lowest BCUT2D eigenvalue weighted by Gasteiger charge is -2.38. The molecule has 16 heavy (non-hydrogen) atoms. The average Bonchev–Trinajstić information content (AvgIpc) is 2.76. The Morgan fingerprint density at radius 2 is 2.19 bits per heavy atom. The van der Waals surface area contributed by atoms with Crippen molar-refractivity contribution in [2.75, 3.05) is 26.7 Å². The summed E-state index contributed by atoms with van der Waals surface area (Å²) in [5.74, 6) is 0. The molecule has 1 aromatic heterocycles. The maximum absolute atomic E-state index is 3.56. The van der Waals surface area contributed by atoms with Gasteiger partial charge in [-0.2, -0.15) is 0 Å². The van der Waals surface area contributed by atoms with Crippen molar-refractivity contribution in [1.29, 1.82) is 0 Å². The van der Waals surface area contributed by atoms with Crippen molar-refractivity contribution < 1.29 is 0 Å². The van der Waals surface area contributed by atoms with E-state index in [2.05, 4.69) is 35.2 Å². The lowest BCUT2D eigenvalue weighted by Crippen LogP contribution is -2.41. The number of likely N-dealkylation sites (tertiary alicyclic amines) is 1. The van der Waals surface area contributed by atoms with E-state index in [4.69, 9.17) is 0 Å². The molecule has 1 fully saturated rings. The maximum Gasteiger partial charge on any atom is 0.0357 e. The number of nitrogens with zero attached hydrogens (tertiary/aromatic N) is 1. The van der Waals surface area contributed by atoms with Crippen LogP contribution in [0.25, 0.3) is 0 Å². The molecule has 1 aliphatic heterocycles. The Bertz CT molecular complexity index is 297. The third-order valence-electron chi connectivity index (χ3n) is 3.72. The summed E-state index contributed by atoms with van der Waals surface area (Å²) in [4.78, 5) is 5.65. The lowest BCUT2D eigenvalue weighted by atomic mass is 9.80. The molecular formula is C13H23N3. The van der Waals surface area contributed by atoms with E-state index in [1.165, 1.54) is 31.6 Å². The topological polar surface area (TPSA) is 31.1 Å².